The molecule has 0 aromatic carbocycles. The summed E-state index contributed by atoms with van der Waals surface area (Å²) >= 11 is 1.41. The Morgan fingerprint density at radius 1 is 1.47 bits per heavy atom. The minimum atomic E-state index is -0.450. The number of aromatic nitrogens is 2. The van der Waals surface area contributed by atoms with Crippen molar-refractivity contribution in [1.29, 1.82) is 0 Å². The first-order valence-corrected chi connectivity index (χ1v) is 7.06. The van der Waals surface area contributed by atoms with E-state index < -0.39 is 5.60 Å². The standard InChI is InChI=1S/C12H20N4O2S/c1-8-5-9(16-13)15-10(14-8)6-19-7-11(17)18-12(2,3)4/h5H,6-7,13H2,1-4H3,(H,14,15,16). The molecule has 1 aromatic heterocycles. The monoisotopic (exact) mass is 284 g/mol. The van der Waals surface area contributed by atoms with Crippen LogP contribution in [0.2, 0.25) is 0 Å². The fraction of sp³-hybridized carbons (Fsp3) is 0.583. The summed E-state index contributed by atoms with van der Waals surface area (Å²) in [4.78, 5) is 20.0. The van der Waals surface area contributed by atoms with Gasteiger partial charge in [0.2, 0.25) is 0 Å². The Labute approximate surface area is 117 Å². The third-order valence-corrected chi connectivity index (χ3v) is 2.82. The van der Waals surface area contributed by atoms with Crippen molar-refractivity contribution in [1.82, 2.24) is 9.97 Å². The predicted octanol–water partition coefficient (Wildman–Crippen LogP) is 1.65. The largest absolute Gasteiger partial charge is 0.459 e. The Morgan fingerprint density at radius 2 is 2.16 bits per heavy atom. The van der Waals surface area contributed by atoms with Gasteiger partial charge in [-0.15, -0.1) is 11.8 Å². The van der Waals surface area contributed by atoms with E-state index in [4.69, 9.17) is 10.6 Å². The number of nitrogens with one attached hydrogen (secondary N) is 1. The average Bonchev–Trinajstić information content (AvgIpc) is 2.25. The van der Waals surface area contributed by atoms with E-state index in [0.29, 0.717) is 17.4 Å². The van der Waals surface area contributed by atoms with Crippen molar-refractivity contribution in [2.75, 3.05) is 11.2 Å². The number of carbonyl (C=O) groups is 1. The van der Waals surface area contributed by atoms with E-state index >= 15 is 0 Å². The van der Waals surface area contributed by atoms with Crippen molar-refractivity contribution < 1.29 is 9.53 Å². The van der Waals surface area contributed by atoms with Gasteiger partial charge in [0.05, 0.1) is 11.5 Å². The van der Waals surface area contributed by atoms with Crippen LogP contribution in [0.4, 0.5) is 5.82 Å². The van der Waals surface area contributed by atoms with Gasteiger partial charge in [0.25, 0.3) is 0 Å². The van der Waals surface area contributed by atoms with E-state index in [-0.39, 0.29) is 11.7 Å². The molecule has 106 valence electrons. The highest BCUT2D eigenvalue weighted by atomic mass is 32.2. The zero-order valence-corrected chi connectivity index (χ0v) is 12.5. The summed E-state index contributed by atoms with van der Waals surface area (Å²) in [6.07, 6.45) is 0. The van der Waals surface area contributed by atoms with Crippen molar-refractivity contribution in [3.05, 3.63) is 17.6 Å². The number of aryl methyl sites for hydroxylation is 1. The van der Waals surface area contributed by atoms with E-state index in [0.717, 1.165) is 5.69 Å². The van der Waals surface area contributed by atoms with Gasteiger partial charge in [0.15, 0.2) is 0 Å². The lowest BCUT2D eigenvalue weighted by molar-refractivity contribution is -0.151. The summed E-state index contributed by atoms with van der Waals surface area (Å²) in [7, 11) is 0. The van der Waals surface area contributed by atoms with Gasteiger partial charge in [-0.2, -0.15) is 0 Å². The van der Waals surface area contributed by atoms with E-state index in [1.54, 1.807) is 6.07 Å². The SMILES string of the molecule is Cc1cc(NN)nc(CSCC(=O)OC(C)(C)C)n1. The van der Waals surface area contributed by atoms with Crippen LogP contribution in [0.25, 0.3) is 0 Å². The third-order valence-electron chi connectivity index (χ3n) is 1.92. The molecular weight excluding hydrogens is 264 g/mol. The van der Waals surface area contributed by atoms with E-state index in [2.05, 4.69) is 15.4 Å². The number of nitrogens with zero attached hydrogens (tertiary/aromatic N) is 2. The molecule has 19 heavy (non-hydrogen) atoms. The fourth-order valence-electron chi connectivity index (χ4n) is 1.37. The van der Waals surface area contributed by atoms with Crippen molar-refractivity contribution in [2.24, 2.45) is 5.84 Å². The summed E-state index contributed by atoms with van der Waals surface area (Å²) in [6, 6.07) is 1.75. The molecule has 0 bridgehead atoms. The molecule has 0 aliphatic heterocycles. The second kappa shape index (κ2) is 6.72. The van der Waals surface area contributed by atoms with Crippen LogP contribution < -0.4 is 11.3 Å². The molecular formula is C12H20N4O2S. The van der Waals surface area contributed by atoms with Crippen LogP contribution in [0.15, 0.2) is 6.07 Å². The van der Waals surface area contributed by atoms with Crippen molar-refractivity contribution in [2.45, 2.75) is 39.0 Å². The number of nitrogens with two attached hydrogens (primary N) is 1. The molecule has 0 fully saturated rings. The third kappa shape index (κ3) is 6.40. The lowest BCUT2D eigenvalue weighted by Crippen LogP contribution is -2.25. The smallest absolute Gasteiger partial charge is 0.316 e. The minimum Gasteiger partial charge on any atom is -0.459 e. The van der Waals surface area contributed by atoms with E-state index in [1.807, 2.05) is 27.7 Å². The Bertz CT molecular complexity index is 446. The number of thioether (sulfide) groups is 1. The highest BCUT2D eigenvalue weighted by molar-refractivity contribution is 7.99. The molecule has 0 spiro atoms. The Morgan fingerprint density at radius 3 is 2.74 bits per heavy atom. The maximum Gasteiger partial charge on any atom is 0.316 e. The molecule has 6 nitrogen and oxygen atoms in total. The van der Waals surface area contributed by atoms with Crippen LogP contribution in [-0.2, 0) is 15.3 Å². The number of esters is 1. The number of anilines is 1. The zero-order valence-electron chi connectivity index (χ0n) is 11.7. The molecule has 1 heterocycles. The number of carbonyl (C=O) groups excluding carboxylic acids is 1. The van der Waals surface area contributed by atoms with Crippen LogP contribution in [0, 0.1) is 6.92 Å². The van der Waals surface area contributed by atoms with E-state index in [9.17, 15) is 4.79 Å². The topological polar surface area (TPSA) is 90.1 Å². The summed E-state index contributed by atoms with van der Waals surface area (Å²) in [6.45, 7) is 7.40. The van der Waals surface area contributed by atoms with Gasteiger partial charge in [-0.1, -0.05) is 0 Å². The molecule has 1 aromatic rings. The molecule has 0 radical (unpaired) electrons. The minimum absolute atomic E-state index is 0.234. The normalized spacial score (nSPS) is 11.2. The summed E-state index contributed by atoms with van der Waals surface area (Å²) in [5, 5.41) is 0. The molecule has 0 atom stereocenters. The number of hydrazine groups is 1. The summed E-state index contributed by atoms with van der Waals surface area (Å²) in [5.74, 6) is 7.10. The van der Waals surface area contributed by atoms with Gasteiger partial charge < -0.3 is 10.2 Å². The summed E-state index contributed by atoms with van der Waals surface area (Å²) < 4.78 is 5.21. The molecule has 7 heteroatoms. The van der Waals surface area contributed by atoms with E-state index in [1.165, 1.54) is 11.8 Å². The molecule has 1 rings (SSSR count). The highest BCUT2D eigenvalue weighted by Crippen LogP contribution is 2.14. The summed E-state index contributed by atoms with van der Waals surface area (Å²) in [5.41, 5.74) is 2.87. The maximum absolute atomic E-state index is 11.5. The van der Waals surface area contributed by atoms with Crippen LogP contribution >= 0.6 is 11.8 Å². The predicted molar refractivity (Wildman–Crippen MR) is 76.6 cm³/mol. The highest BCUT2D eigenvalue weighted by Gasteiger charge is 2.16. The van der Waals surface area contributed by atoms with Crippen molar-refractivity contribution in [3.63, 3.8) is 0 Å². The van der Waals surface area contributed by atoms with Crippen LogP contribution in [0.5, 0.6) is 0 Å². The Kier molecular flexibility index (Phi) is 5.56. The Balaban J connectivity index is 2.45. The van der Waals surface area contributed by atoms with Crippen LogP contribution in [-0.4, -0.2) is 27.3 Å². The number of nitrogen functional groups attached to an aromatic ring is 1. The first-order chi connectivity index (χ1) is 8.80. The molecule has 0 saturated carbocycles. The molecule has 0 amide bonds. The van der Waals surface area contributed by atoms with Gasteiger partial charge in [0, 0.05) is 11.8 Å². The van der Waals surface area contributed by atoms with Gasteiger partial charge in [-0.3, -0.25) is 4.79 Å². The van der Waals surface area contributed by atoms with Gasteiger partial charge >= 0.3 is 5.97 Å². The number of hydrogen-bond donors (Lipinski definition) is 2. The molecule has 0 saturated heterocycles. The number of ether oxygens (including phenoxy) is 1. The van der Waals surface area contributed by atoms with Crippen LogP contribution in [0.3, 0.4) is 0 Å². The van der Waals surface area contributed by atoms with Crippen LogP contribution in [0.1, 0.15) is 32.3 Å². The Hall–Kier alpha value is -1.34. The zero-order chi connectivity index (χ0) is 14.5. The fourth-order valence-corrected chi connectivity index (χ4v) is 2.00. The van der Waals surface area contributed by atoms with Crippen molar-refractivity contribution >= 4 is 23.5 Å². The molecule has 0 aliphatic rings. The second-order valence-corrected chi connectivity index (χ2v) is 6.02. The first kappa shape index (κ1) is 15.7. The second-order valence-electron chi connectivity index (χ2n) is 5.03. The van der Waals surface area contributed by atoms with Crippen molar-refractivity contribution in [3.8, 4) is 0 Å². The number of rotatable bonds is 5. The maximum atomic E-state index is 11.5. The lowest BCUT2D eigenvalue weighted by atomic mass is 10.2. The molecule has 3 N–H and O–H groups in total. The lowest BCUT2D eigenvalue weighted by Gasteiger charge is -2.19. The van der Waals surface area contributed by atoms with Gasteiger partial charge in [0.1, 0.15) is 17.2 Å². The molecule has 0 unspecified atom stereocenters. The quantitative estimate of drug-likeness (QED) is 0.482. The first-order valence-electron chi connectivity index (χ1n) is 5.91. The number of hydrogen-bond acceptors (Lipinski definition) is 7. The molecule has 0 aliphatic carbocycles. The average molecular weight is 284 g/mol. The van der Waals surface area contributed by atoms with Gasteiger partial charge in [-0.05, 0) is 27.7 Å². The van der Waals surface area contributed by atoms with Gasteiger partial charge in [-0.25, -0.2) is 15.8 Å².